The molecule has 1 amide bonds. The molecular formula is C14H18F2N2O. The van der Waals surface area contributed by atoms with Crippen LogP contribution in [0.2, 0.25) is 0 Å². The van der Waals surface area contributed by atoms with E-state index in [9.17, 15) is 13.6 Å². The molecule has 5 heteroatoms. The zero-order valence-corrected chi connectivity index (χ0v) is 10.8. The number of carbonyl (C=O) groups is 1. The Labute approximate surface area is 111 Å². The van der Waals surface area contributed by atoms with Gasteiger partial charge in [-0.15, -0.1) is 0 Å². The molecule has 0 atom stereocenters. The molecule has 1 saturated heterocycles. The maximum absolute atomic E-state index is 12.9. The fraction of sp³-hybridized carbons (Fsp3) is 0.500. The van der Waals surface area contributed by atoms with Gasteiger partial charge in [0.25, 0.3) is 0 Å². The fourth-order valence-corrected chi connectivity index (χ4v) is 2.27. The van der Waals surface area contributed by atoms with E-state index in [1.54, 1.807) is 0 Å². The molecule has 1 aliphatic heterocycles. The number of halogens is 2. The van der Waals surface area contributed by atoms with E-state index in [-0.39, 0.29) is 5.91 Å². The minimum Gasteiger partial charge on any atom is -0.343 e. The maximum Gasteiger partial charge on any atom is 0.223 e. The second-order valence-corrected chi connectivity index (χ2v) is 4.79. The molecule has 2 rings (SSSR count). The van der Waals surface area contributed by atoms with Gasteiger partial charge >= 0.3 is 0 Å². The van der Waals surface area contributed by atoms with Crippen molar-refractivity contribution in [3.8, 4) is 0 Å². The first kappa shape index (κ1) is 13.9. The number of hydrogen-bond donors (Lipinski definition) is 1. The molecule has 1 aromatic rings. The van der Waals surface area contributed by atoms with Crippen LogP contribution in [0, 0.1) is 11.6 Å². The highest BCUT2D eigenvalue weighted by Crippen LogP contribution is 2.09. The summed E-state index contributed by atoms with van der Waals surface area (Å²) in [6.45, 7) is 2.59. The topological polar surface area (TPSA) is 32.3 Å². The van der Waals surface area contributed by atoms with Gasteiger partial charge in [0, 0.05) is 38.7 Å². The third kappa shape index (κ3) is 4.28. The third-order valence-electron chi connectivity index (χ3n) is 3.23. The summed E-state index contributed by atoms with van der Waals surface area (Å²) in [4.78, 5) is 13.6. The molecule has 1 aromatic carbocycles. The molecule has 19 heavy (non-hydrogen) atoms. The highest BCUT2D eigenvalue weighted by atomic mass is 19.1. The van der Waals surface area contributed by atoms with Crippen LogP contribution in [0.3, 0.4) is 0 Å². The summed E-state index contributed by atoms with van der Waals surface area (Å²) >= 11 is 0. The molecule has 1 heterocycles. The van der Waals surface area contributed by atoms with Crippen LogP contribution >= 0.6 is 0 Å². The monoisotopic (exact) mass is 268 g/mol. The Morgan fingerprint density at radius 1 is 1.16 bits per heavy atom. The van der Waals surface area contributed by atoms with E-state index in [4.69, 9.17) is 0 Å². The molecule has 1 aliphatic rings. The van der Waals surface area contributed by atoms with Crippen LogP contribution in [-0.2, 0) is 11.3 Å². The summed E-state index contributed by atoms with van der Waals surface area (Å²) in [6.07, 6.45) is 2.60. The summed E-state index contributed by atoms with van der Waals surface area (Å²) in [5.41, 5.74) is 0.547. The first-order valence-electron chi connectivity index (χ1n) is 6.58. The van der Waals surface area contributed by atoms with E-state index in [1.807, 2.05) is 4.90 Å². The third-order valence-corrected chi connectivity index (χ3v) is 3.23. The average Bonchev–Trinajstić information content (AvgIpc) is 2.87. The van der Waals surface area contributed by atoms with Gasteiger partial charge in [-0.25, -0.2) is 8.78 Å². The minimum atomic E-state index is -0.579. The van der Waals surface area contributed by atoms with E-state index in [0.717, 1.165) is 32.0 Å². The number of nitrogens with one attached hydrogen (secondary N) is 1. The quantitative estimate of drug-likeness (QED) is 0.829. The van der Waals surface area contributed by atoms with Gasteiger partial charge in [-0.2, -0.15) is 0 Å². The molecule has 0 radical (unpaired) electrons. The van der Waals surface area contributed by atoms with Crippen molar-refractivity contribution in [2.24, 2.45) is 0 Å². The van der Waals surface area contributed by atoms with Gasteiger partial charge in [0.2, 0.25) is 5.91 Å². The standard InChI is InChI=1S/C14H18F2N2O/c15-12-7-11(8-13(16)9-12)10-17-4-3-14(19)18-5-1-2-6-18/h7-9,17H,1-6,10H2. The van der Waals surface area contributed by atoms with Crippen molar-refractivity contribution in [1.29, 1.82) is 0 Å². The lowest BCUT2D eigenvalue weighted by Crippen LogP contribution is -2.30. The van der Waals surface area contributed by atoms with Gasteiger partial charge in [-0.3, -0.25) is 4.79 Å². The lowest BCUT2D eigenvalue weighted by atomic mass is 10.2. The SMILES string of the molecule is O=C(CCNCc1cc(F)cc(F)c1)N1CCCC1. The van der Waals surface area contributed by atoms with Crippen LogP contribution in [0.1, 0.15) is 24.8 Å². The van der Waals surface area contributed by atoms with Crippen LogP contribution in [0.15, 0.2) is 18.2 Å². The highest BCUT2D eigenvalue weighted by Gasteiger charge is 2.16. The van der Waals surface area contributed by atoms with Gasteiger partial charge < -0.3 is 10.2 Å². The zero-order valence-electron chi connectivity index (χ0n) is 10.8. The summed E-state index contributed by atoms with van der Waals surface area (Å²) in [6, 6.07) is 3.43. The molecule has 3 nitrogen and oxygen atoms in total. The molecule has 0 spiro atoms. The number of amides is 1. The van der Waals surface area contributed by atoms with E-state index >= 15 is 0 Å². The summed E-state index contributed by atoms with van der Waals surface area (Å²) in [5.74, 6) is -1.01. The Balaban J connectivity index is 1.70. The number of rotatable bonds is 5. The lowest BCUT2D eigenvalue weighted by molar-refractivity contribution is -0.130. The molecule has 1 N–H and O–H groups in total. The molecule has 1 fully saturated rings. The van der Waals surface area contributed by atoms with E-state index in [0.29, 0.717) is 25.1 Å². The van der Waals surface area contributed by atoms with Gasteiger partial charge in [0.15, 0.2) is 0 Å². The molecule has 0 aliphatic carbocycles. The van der Waals surface area contributed by atoms with Gasteiger partial charge in [0.1, 0.15) is 11.6 Å². The highest BCUT2D eigenvalue weighted by molar-refractivity contribution is 5.76. The predicted molar refractivity (Wildman–Crippen MR) is 68.5 cm³/mol. The van der Waals surface area contributed by atoms with E-state index < -0.39 is 11.6 Å². The molecule has 104 valence electrons. The average molecular weight is 268 g/mol. The van der Waals surface area contributed by atoms with Crippen LogP contribution in [-0.4, -0.2) is 30.4 Å². The predicted octanol–water partition coefficient (Wildman–Crippen LogP) is 2.07. The smallest absolute Gasteiger partial charge is 0.223 e. The molecule has 0 aromatic heterocycles. The van der Waals surface area contributed by atoms with Crippen molar-refractivity contribution < 1.29 is 13.6 Å². The normalized spacial score (nSPS) is 14.9. The second kappa shape index (κ2) is 6.61. The summed E-state index contributed by atoms with van der Waals surface area (Å²) in [5, 5.41) is 3.03. The number of hydrogen-bond acceptors (Lipinski definition) is 2. The Morgan fingerprint density at radius 3 is 2.42 bits per heavy atom. The fourth-order valence-electron chi connectivity index (χ4n) is 2.27. The number of benzene rings is 1. The lowest BCUT2D eigenvalue weighted by Gasteiger charge is -2.15. The first-order valence-corrected chi connectivity index (χ1v) is 6.58. The van der Waals surface area contributed by atoms with Crippen molar-refractivity contribution >= 4 is 5.91 Å². The van der Waals surface area contributed by atoms with Gasteiger partial charge in [-0.1, -0.05) is 0 Å². The Bertz CT molecular complexity index is 425. The largest absolute Gasteiger partial charge is 0.343 e. The summed E-state index contributed by atoms with van der Waals surface area (Å²) < 4.78 is 25.9. The van der Waals surface area contributed by atoms with Crippen LogP contribution < -0.4 is 5.32 Å². The zero-order chi connectivity index (χ0) is 13.7. The van der Waals surface area contributed by atoms with E-state index in [2.05, 4.69) is 5.32 Å². The Hall–Kier alpha value is -1.49. The van der Waals surface area contributed by atoms with Crippen molar-refractivity contribution in [2.75, 3.05) is 19.6 Å². The first-order chi connectivity index (χ1) is 9.15. The van der Waals surface area contributed by atoms with Crippen LogP contribution in [0.5, 0.6) is 0 Å². The molecule has 0 saturated carbocycles. The van der Waals surface area contributed by atoms with Gasteiger partial charge in [0.05, 0.1) is 0 Å². The minimum absolute atomic E-state index is 0.149. The molecule has 0 bridgehead atoms. The van der Waals surface area contributed by atoms with Crippen molar-refractivity contribution in [3.05, 3.63) is 35.4 Å². The molecular weight excluding hydrogens is 250 g/mol. The van der Waals surface area contributed by atoms with Gasteiger partial charge in [-0.05, 0) is 30.5 Å². The summed E-state index contributed by atoms with van der Waals surface area (Å²) in [7, 11) is 0. The van der Waals surface area contributed by atoms with E-state index in [1.165, 1.54) is 12.1 Å². The molecule has 0 unspecified atom stereocenters. The van der Waals surface area contributed by atoms with Crippen LogP contribution in [0.4, 0.5) is 8.78 Å². The number of nitrogens with zero attached hydrogens (tertiary/aromatic N) is 1. The van der Waals surface area contributed by atoms with Crippen LogP contribution in [0.25, 0.3) is 0 Å². The van der Waals surface area contributed by atoms with Crippen molar-refractivity contribution in [1.82, 2.24) is 10.2 Å². The number of carbonyl (C=O) groups excluding carboxylic acids is 1. The Morgan fingerprint density at radius 2 is 1.79 bits per heavy atom. The van der Waals surface area contributed by atoms with Crippen molar-refractivity contribution in [3.63, 3.8) is 0 Å². The van der Waals surface area contributed by atoms with Crippen molar-refractivity contribution in [2.45, 2.75) is 25.8 Å². The number of likely N-dealkylation sites (tertiary alicyclic amines) is 1. The second-order valence-electron chi connectivity index (χ2n) is 4.79. The maximum atomic E-state index is 12.9. The Kier molecular flexibility index (Phi) is 4.85.